The number of ether oxygens (including phenoxy) is 2. The average molecular weight is 281 g/mol. The highest BCUT2D eigenvalue weighted by Gasteiger charge is 2.18. The first-order valence-corrected chi connectivity index (χ1v) is 6.33. The number of hydrogen-bond donors (Lipinski definition) is 2. The van der Waals surface area contributed by atoms with E-state index in [4.69, 9.17) is 4.74 Å². The van der Waals surface area contributed by atoms with E-state index in [2.05, 4.69) is 20.2 Å². The van der Waals surface area contributed by atoms with Crippen molar-refractivity contribution >= 4 is 18.3 Å². The van der Waals surface area contributed by atoms with Crippen molar-refractivity contribution < 1.29 is 19.1 Å². The van der Waals surface area contributed by atoms with Crippen LogP contribution in [0.4, 0.5) is 4.79 Å². The van der Waals surface area contributed by atoms with Gasteiger partial charge in [-0.25, -0.2) is 15.0 Å². The molecule has 1 heterocycles. The van der Waals surface area contributed by atoms with Crippen LogP contribution in [0.15, 0.2) is 5.10 Å². The van der Waals surface area contributed by atoms with Gasteiger partial charge in [-0.3, -0.25) is 0 Å². The van der Waals surface area contributed by atoms with Gasteiger partial charge in [-0.15, -0.1) is 0 Å². The van der Waals surface area contributed by atoms with Crippen molar-refractivity contribution in [2.45, 2.75) is 27.7 Å². The predicted octanol–water partition coefficient (Wildman–Crippen LogP) is 1.89. The maximum absolute atomic E-state index is 11.8. The Kier molecular flexibility index (Phi) is 5.76. The van der Waals surface area contributed by atoms with Crippen LogP contribution in [0.5, 0.6) is 0 Å². The molecule has 0 fully saturated rings. The zero-order valence-corrected chi connectivity index (χ0v) is 12.1. The molecular formula is C13H19N3O4. The van der Waals surface area contributed by atoms with Crippen LogP contribution < -0.4 is 5.43 Å². The fraction of sp³-hybridized carbons (Fsp3) is 0.462. The van der Waals surface area contributed by atoms with Crippen LogP contribution in [-0.4, -0.2) is 36.5 Å². The zero-order chi connectivity index (χ0) is 15.1. The minimum atomic E-state index is -0.629. The molecule has 0 saturated heterocycles. The quantitative estimate of drug-likeness (QED) is 0.489. The summed E-state index contributed by atoms with van der Waals surface area (Å²) in [6.45, 7) is 7.59. The maximum atomic E-state index is 11.8. The highest BCUT2D eigenvalue weighted by molar-refractivity contribution is 5.96. The lowest BCUT2D eigenvalue weighted by atomic mass is 10.1. The number of carbonyl (C=O) groups is 2. The monoisotopic (exact) mass is 281 g/mol. The Labute approximate surface area is 117 Å². The lowest BCUT2D eigenvalue weighted by Crippen LogP contribution is -2.18. The molecule has 0 unspecified atom stereocenters. The van der Waals surface area contributed by atoms with E-state index in [0.717, 1.165) is 5.56 Å². The molecule has 0 aliphatic rings. The Hall–Kier alpha value is -2.31. The molecule has 0 bridgehead atoms. The van der Waals surface area contributed by atoms with Crippen molar-refractivity contribution in [3.63, 3.8) is 0 Å². The number of carbonyl (C=O) groups excluding carboxylic acids is 2. The molecule has 0 aromatic carbocycles. The number of esters is 1. The molecule has 0 radical (unpaired) electrons. The SMILES string of the molecule is CCOC(=O)N/N=C/c1[nH]c(C)c(C(=O)OCC)c1C. The summed E-state index contributed by atoms with van der Waals surface area (Å²) >= 11 is 0. The van der Waals surface area contributed by atoms with Gasteiger partial charge in [0.2, 0.25) is 0 Å². The van der Waals surface area contributed by atoms with Crippen molar-refractivity contribution in [3.05, 3.63) is 22.5 Å². The molecule has 2 N–H and O–H groups in total. The van der Waals surface area contributed by atoms with E-state index in [1.807, 2.05) is 0 Å². The summed E-state index contributed by atoms with van der Waals surface area (Å²) in [6.07, 6.45) is 0.789. The first kappa shape index (κ1) is 15.7. The topological polar surface area (TPSA) is 92.8 Å². The summed E-state index contributed by atoms with van der Waals surface area (Å²) in [7, 11) is 0. The third-order valence-corrected chi connectivity index (χ3v) is 2.58. The van der Waals surface area contributed by atoms with E-state index in [0.29, 0.717) is 23.6 Å². The Morgan fingerprint density at radius 2 is 1.90 bits per heavy atom. The van der Waals surface area contributed by atoms with Gasteiger partial charge < -0.3 is 14.5 Å². The zero-order valence-electron chi connectivity index (χ0n) is 12.1. The molecule has 1 amide bonds. The lowest BCUT2D eigenvalue weighted by Gasteiger charge is -2.01. The number of nitrogens with zero attached hydrogens (tertiary/aromatic N) is 1. The Bertz CT molecular complexity index is 520. The number of rotatable bonds is 5. The fourth-order valence-corrected chi connectivity index (χ4v) is 1.73. The normalized spacial score (nSPS) is 10.6. The summed E-state index contributed by atoms with van der Waals surface area (Å²) in [4.78, 5) is 25.9. The van der Waals surface area contributed by atoms with Crippen LogP contribution >= 0.6 is 0 Å². The number of H-pyrrole nitrogens is 1. The minimum Gasteiger partial charge on any atom is -0.462 e. The standard InChI is InChI=1S/C13H19N3O4/c1-5-19-12(17)11-8(3)10(15-9(11)4)7-14-16-13(18)20-6-2/h7,15H,5-6H2,1-4H3,(H,16,18)/b14-7+. The molecule has 1 aromatic rings. The second-order valence-corrected chi connectivity index (χ2v) is 3.97. The van der Waals surface area contributed by atoms with E-state index < -0.39 is 6.09 Å². The molecule has 1 aromatic heterocycles. The van der Waals surface area contributed by atoms with Gasteiger partial charge in [0, 0.05) is 5.69 Å². The van der Waals surface area contributed by atoms with E-state index >= 15 is 0 Å². The summed E-state index contributed by atoms with van der Waals surface area (Å²) in [5, 5.41) is 3.75. The predicted molar refractivity (Wildman–Crippen MR) is 74.0 cm³/mol. The van der Waals surface area contributed by atoms with E-state index in [1.54, 1.807) is 27.7 Å². The molecule has 7 nitrogen and oxygen atoms in total. The maximum Gasteiger partial charge on any atom is 0.427 e. The van der Waals surface area contributed by atoms with Gasteiger partial charge in [-0.1, -0.05) is 0 Å². The van der Waals surface area contributed by atoms with Crippen LogP contribution in [-0.2, 0) is 9.47 Å². The molecule has 7 heteroatoms. The molecule has 1 rings (SSSR count). The third-order valence-electron chi connectivity index (χ3n) is 2.58. The molecule has 0 aliphatic heterocycles. The molecular weight excluding hydrogens is 262 g/mol. The van der Waals surface area contributed by atoms with Crippen molar-refractivity contribution in [2.24, 2.45) is 5.10 Å². The van der Waals surface area contributed by atoms with Crippen LogP contribution in [0.25, 0.3) is 0 Å². The van der Waals surface area contributed by atoms with Crippen LogP contribution in [0, 0.1) is 13.8 Å². The van der Waals surface area contributed by atoms with Gasteiger partial charge in [0.25, 0.3) is 0 Å². The Balaban J connectivity index is 2.83. The Morgan fingerprint density at radius 1 is 1.25 bits per heavy atom. The number of hydrazone groups is 1. The van der Waals surface area contributed by atoms with Crippen molar-refractivity contribution in [2.75, 3.05) is 13.2 Å². The first-order valence-electron chi connectivity index (χ1n) is 6.33. The highest BCUT2D eigenvalue weighted by Crippen LogP contribution is 2.17. The molecule has 110 valence electrons. The van der Waals surface area contributed by atoms with Crippen LogP contribution in [0.3, 0.4) is 0 Å². The van der Waals surface area contributed by atoms with Gasteiger partial charge in [-0.05, 0) is 33.3 Å². The molecule has 0 saturated carbocycles. The summed E-state index contributed by atoms with van der Waals surface area (Å²) in [5.41, 5.74) is 4.74. The lowest BCUT2D eigenvalue weighted by molar-refractivity contribution is 0.0525. The van der Waals surface area contributed by atoms with Gasteiger partial charge in [0.1, 0.15) is 0 Å². The average Bonchev–Trinajstić information content (AvgIpc) is 2.65. The molecule has 0 spiro atoms. The number of aryl methyl sites for hydroxylation is 1. The second-order valence-electron chi connectivity index (χ2n) is 3.97. The number of aromatic amines is 1. The van der Waals surface area contributed by atoms with Crippen LogP contribution in [0.2, 0.25) is 0 Å². The number of hydrogen-bond acceptors (Lipinski definition) is 5. The van der Waals surface area contributed by atoms with Crippen molar-refractivity contribution in [1.82, 2.24) is 10.4 Å². The van der Waals surface area contributed by atoms with Gasteiger partial charge >= 0.3 is 12.1 Å². The first-order chi connectivity index (χ1) is 9.51. The van der Waals surface area contributed by atoms with Gasteiger partial charge in [-0.2, -0.15) is 5.10 Å². The summed E-state index contributed by atoms with van der Waals surface area (Å²) in [5.74, 6) is -0.378. The van der Waals surface area contributed by atoms with E-state index in [-0.39, 0.29) is 12.6 Å². The second kappa shape index (κ2) is 7.32. The van der Waals surface area contributed by atoms with Crippen molar-refractivity contribution in [1.29, 1.82) is 0 Å². The van der Waals surface area contributed by atoms with E-state index in [9.17, 15) is 9.59 Å². The smallest absolute Gasteiger partial charge is 0.427 e. The fourth-order valence-electron chi connectivity index (χ4n) is 1.73. The number of aromatic nitrogens is 1. The summed E-state index contributed by atoms with van der Waals surface area (Å²) in [6, 6.07) is 0. The van der Waals surface area contributed by atoms with E-state index in [1.165, 1.54) is 6.21 Å². The summed E-state index contributed by atoms with van der Waals surface area (Å²) < 4.78 is 9.65. The third kappa shape index (κ3) is 3.84. The minimum absolute atomic E-state index is 0.273. The largest absolute Gasteiger partial charge is 0.462 e. The number of amides is 1. The molecule has 0 aliphatic carbocycles. The highest BCUT2D eigenvalue weighted by atomic mass is 16.5. The van der Waals surface area contributed by atoms with Gasteiger partial charge in [0.05, 0.1) is 30.7 Å². The van der Waals surface area contributed by atoms with Crippen molar-refractivity contribution in [3.8, 4) is 0 Å². The Morgan fingerprint density at radius 3 is 2.50 bits per heavy atom. The van der Waals surface area contributed by atoms with Crippen LogP contribution in [0.1, 0.15) is 41.2 Å². The number of nitrogens with one attached hydrogen (secondary N) is 2. The van der Waals surface area contributed by atoms with Gasteiger partial charge in [0.15, 0.2) is 0 Å². The molecule has 0 atom stereocenters. The molecule has 20 heavy (non-hydrogen) atoms.